The maximum absolute atomic E-state index is 12.1. The van der Waals surface area contributed by atoms with Crippen molar-refractivity contribution in [2.75, 3.05) is 19.6 Å². The lowest BCUT2D eigenvalue weighted by Gasteiger charge is -2.18. The Kier molecular flexibility index (Phi) is 5.08. The van der Waals surface area contributed by atoms with Crippen LogP contribution in [0.4, 0.5) is 4.79 Å². The second-order valence-electron chi connectivity index (χ2n) is 6.64. The molecule has 0 spiro atoms. The molecule has 1 saturated heterocycles. The van der Waals surface area contributed by atoms with E-state index in [0.717, 1.165) is 31.5 Å². The van der Waals surface area contributed by atoms with Gasteiger partial charge in [0.05, 0.1) is 0 Å². The van der Waals surface area contributed by atoms with E-state index in [9.17, 15) is 4.79 Å². The molecule has 2 aromatic rings. The first-order valence-corrected chi connectivity index (χ1v) is 8.37. The van der Waals surface area contributed by atoms with Gasteiger partial charge in [-0.1, -0.05) is 19.0 Å². The molecule has 1 N–H and O–H groups in total. The van der Waals surface area contributed by atoms with Gasteiger partial charge >= 0.3 is 6.03 Å². The molecule has 0 aromatic carbocycles. The van der Waals surface area contributed by atoms with Crippen LogP contribution in [0.15, 0.2) is 29.0 Å². The van der Waals surface area contributed by atoms with Gasteiger partial charge in [-0.25, -0.2) is 4.79 Å². The number of nitrogens with zero attached hydrogens (tertiary/aromatic N) is 4. The molecule has 2 aromatic heterocycles. The summed E-state index contributed by atoms with van der Waals surface area (Å²) < 4.78 is 5.32. The number of hydrogen-bond donors (Lipinski definition) is 1. The van der Waals surface area contributed by atoms with Gasteiger partial charge in [0, 0.05) is 44.0 Å². The largest absolute Gasteiger partial charge is 0.338 e. The molecule has 0 saturated carbocycles. The number of likely N-dealkylation sites (tertiary alicyclic amines) is 1. The summed E-state index contributed by atoms with van der Waals surface area (Å²) in [4.78, 5) is 22.4. The summed E-state index contributed by atoms with van der Waals surface area (Å²) in [5.41, 5.74) is 0.866. The van der Waals surface area contributed by atoms with E-state index in [-0.39, 0.29) is 6.03 Å². The van der Waals surface area contributed by atoms with Crippen LogP contribution in [0.5, 0.6) is 0 Å². The summed E-state index contributed by atoms with van der Waals surface area (Å²) in [6.45, 7) is 6.40. The van der Waals surface area contributed by atoms with E-state index in [4.69, 9.17) is 4.52 Å². The fourth-order valence-electron chi connectivity index (χ4n) is 2.79. The number of carbonyl (C=O) groups is 1. The topological polar surface area (TPSA) is 84.2 Å². The standard InChI is InChI=1S/C17H23N5O2/c1-12(2)10-19-17(23)22-8-5-13(11-22)9-15-20-16(24-21-15)14-3-6-18-7-4-14/h3-4,6-7,12-13H,5,8-11H2,1-2H3,(H,19,23). The summed E-state index contributed by atoms with van der Waals surface area (Å²) in [6.07, 6.45) is 5.09. The molecular weight excluding hydrogens is 306 g/mol. The summed E-state index contributed by atoms with van der Waals surface area (Å²) in [5, 5.41) is 7.03. The molecule has 128 valence electrons. The maximum Gasteiger partial charge on any atom is 0.317 e. The Labute approximate surface area is 141 Å². The van der Waals surface area contributed by atoms with Gasteiger partial charge in [0.25, 0.3) is 5.89 Å². The first-order chi connectivity index (χ1) is 11.6. The quantitative estimate of drug-likeness (QED) is 0.910. The van der Waals surface area contributed by atoms with Crippen molar-refractivity contribution in [1.29, 1.82) is 0 Å². The minimum atomic E-state index is 0.0248. The fourth-order valence-corrected chi connectivity index (χ4v) is 2.79. The predicted octanol–water partition coefficient (Wildman–Crippen LogP) is 2.36. The SMILES string of the molecule is CC(C)CNC(=O)N1CCC(Cc2noc(-c3ccncc3)n2)C1. The van der Waals surface area contributed by atoms with Gasteiger partial charge in [-0.3, -0.25) is 4.98 Å². The molecule has 7 heteroatoms. The highest BCUT2D eigenvalue weighted by Crippen LogP contribution is 2.22. The monoisotopic (exact) mass is 329 g/mol. The number of aromatic nitrogens is 3. The molecule has 7 nitrogen and oxygen atoms in total. The highest BCUT2D eigenvalue weighted by Gasteiger charge is 2.27. The van der Waals surface area contributed by atoms with Crippen molar-refractivity contribution in [3.63, 3.8) is 0 Å². The van der Waals surface area contributed by atoms with E-state index in [0.29, 0.717) is 30.1 Å². The highest BCUT2D eigenvalue weighted by molar-refractivity contribution is 5.74. The van der Waals surface area contributed by atoms with Crippen LogP contribution in [-0.2, 0) is 6.42 Å². The van der Waals surface area contributed by atoms with Gasteiger partial charge in [-0.15, -0.1) is 0 Å². The van der Waals surface area contributed by atoms with Crippen molar-refractivity contribution in [3.05, 3.63) is 30.4 Å². The molecule has 2 amide bonds. The van der Waals surface area contributed by atoms with Crippen molar-refractivity contribution < 1.29 is 9.32 Å². The van der Waals surface area contributed by atoms with Crippen LogP contribution in [0.1, 0.15) is 26.1 Å². The molecule has 1 atom stereocenters. The first kappa shape index (κ1) is 16.4. The lowest BCUT2D eigenvalue weighted by Crippen LogP contribution is -2.40. The maximum atomic E-state index is 12.1. The number of rotatable bonds is 5. The number of carbonyl (C=O) groups excluding carboxylic acids is 1. The van der Waals surface area contributed by atoms with Crippen LogP contribution >= 0.6 is 0 Å². The average molecular weight is 329 g/mol. The smallest absolute Gasteiger partial charge is 0.317 e. The Balaban J connectivity index is 1.53. The average Bonchev–Trinajstić information content (AvgIpc) is 3.23. The fraction of sp³-hybridized carbons (Fsp3) is 0.529. The number of amides is 2. The molecule has 0 radical (unpaired) electrons. The number of urea groups is 1. The Morgan fingerprint density at radius 3 is 2.96 bits per heavy atom. The second kappa shape index (κ2) is 7.42. The Bertz CT molecular complexity index is 671. The van der Waals surface area contributed by atoms with E-state index in [2.05, 4.69) is 34.3 Å². The molecule has 3 rings (SSSR count). The van der Waals surface area contributed by atoms with E-state index < -0.39 is 0 Å². The van der Waals surface area contributed by atoms with Gasteiger partial charge in [0.2, 0.25) is 0 Å². The van der Waals surface area contributed by atoms with Gasteiger partial charge < -0.3 is 14.7 Å². The van der Waals surface area contributed by atoms with Crippen LogP contribution in [-0.4, -0.2) is 45.7 Å². The van der Waals surface area contributed by atoms with Crippen LogP contribution < -0.4 is 5.32 Å². The van der Waals surface area contributed by atoms with Crippen LogP contribution in [0.2, 0.25) is 0 Å². The van der Waals surface area contributed by atoms with E-state index in [1.165, 1.54) is 0 Å². The van der Waals surface area contributed by atoms with E-state index in [1.54, 1.807) is 12.4 Å². The minimum absolute atomic E-state index is 0.0248. The van der Waals surface area contributed by atoms with Gasteiger partial charge in [0.15, 0.2) is 5.82 Å². The zero-order valence-corrected chi connectivity index (χ0v) is 14.1. The van der Waals surface area contributed by atoms with Gasteiger partial charge in [0.1, 0.15) is 0 Å². The summed E-state index contributed by atoms with van der Waals surface area (Å²) in [7, 11) is 0. The Morgan fingerprint density at radius 1 is 1.42 bits per heavy atom. The van der Waals surface area contributed by atoms with E-state index in [1.807, 2.05) is 17.0 Å². The van der Waals surface area contributed by atoms with Gasteiger partial charge in [-0.2, -0.15) is 4.98 Å². The minimum Gasteiger partial charge on any atom is -0.338 e. The lowest BCUT2D eigenvalue weighted by molar-refractivity contribution is 0.205. The highest BCUT2D eigenvalue weighted by atomic mass is 16.5. The summed E-state index contributed by atoms with van der Waals surface area (Å²) in [6, 6.07) is 3.71. The zero-order chi connectivity index (χ0) is 16.9. The first-order valence-electron chi connectivity index (χ1n) is 8.37. The summed E-state index contributed by atoms with van der Waals surface area (Å²) >= 11 is 0. The van der Waals surface area contributed by atoms with Crippen molar-refractivity contribution in [2.24, 2.45) is 11.8 Å². The van der Waals surface area contributed by atoms with Crippen molar-refractivity contribution in [1.82, 2.24) is 25.3 Å². The Morgan fingerprint density at radius 2 is 2.21 bits per heavy atom. The molecular formula is C17H23N5O2. The molecule has 1 aliphatic heterocycles. The molecule has 0 bridgehead atoms. The zero-order valence-electron chi connectivity index (χ0n) is 14.1. The number of pyridine rings is 1. The lowest BCUT2D eigenvalue weighted by atomic mass is 10.1. The molecule has 0 aliphatic carbocycles. The van der Waals surface area contributed by atoms with Crippen molar-refractivity contribution in [3.8, 4) is 11.5 Å². The summed E-state index contributed by atoms with van der Waals surface area (Å²) in [5.74, 6) is 2.03. The molecule has 1 aliphatic rings. The molecule has 3 heterocycles. The number of nitrogens with one attached hydrogen (secondary N) is 1. The van der Waals surface area contributed by atoms with Crippen LogP contribution in [0.3, 0.4) is 0 Å². The third-order valence-corrected chi connectivity index (χ3v) is 4.10. The van der Waals surface area contributed by atoms with Crippen molar-refractivity contribution in [2.45, 2.75) is 26.7 Å². The molecule has 1 unspecified atom stereocenters. The number of hydrogen-bond acceptors (Lipinski definition) is 5. The van der Waals surface area contributed by atoms with Crippen LogP contribution in [0, 0.1) is 11.8 Å². The normalized spacial score (nSPS) is 17.5. The second-order valence-corrected chi connectivity index (χ2v) is 6.64. The van der Waals surface area contributed by atoms with Crippen LogP contribution in [0.25, 0.3) is 11.5 Å². The third-order valence-electron chi connectivity index (χ3n) is 4.10. The third kappa shape index (κ3) is 4.10. The van der Waals surface area contributed by atoms with E-state index >= 15 is 0 Å². The molecule has 24 heavy (non-hydrogen) atoms. The predicted molar refractivity (Wildman–Crippen MR) is 89.1 cm³/mol. The molecule has 1 fully saturated rings. The van der Waals surface area contributed by atoms with Crippen molar-refractivity contribution >= 4 is 6.03 Å². The Hall–Kier alpha value is -2.44. The van der Waals surface area contributed by atoms with Gasteiger partial charge in [-0.05, 0) is 30.4 Å².